The zero-order chi connectivity index (χ0) is 32.4. The van der Waals surface area contributed by atoms with Crippen molar-refractivity contribution in [3.8, 4) is 11.5 Å². The maximum absolute atomic E-state index is 14.1. The molecule has 1 aliphatic heterocycles. The Labute approximate surface area is 288 Å². The summed E-state index contributed by atoms with van der Waals surface area (Å²) < 4.78 is 20.0. The Morgan fingerprint density at radius 1 is 1.13 bits per heavy atom. The van der Waals surface area contributed by atoms with E-state index in [1.165, 1.54) is 11.3 Å². The van der Waals surface area contributed by atoms with Crippen molar-refractivity contribution < 1.29 is 19.0 Å². The Balaban J connectivity index is 1.57. The molecule has 0 unspecified atom stereocenters. The van der Waals surface area contributed by atoms with Crippen LogP contribution in [-0.4, -0.2) is 38.3 Å². The van der Waals surface area contributed by atoms with Crippen molar-refractivity contribution in [1.82, 2.24) is 4.57 Å². The molecular formula is C33H30Cl2IN3O5S. The number of nitrogens with zero attached hydrogens (tertiary/aromatic N) is 3. The van der Waals surface area contributed by atoms with Crippen LogP contribution < -0.4 is 29.3 Å². The quantitative estimate of drug-likeness (QED) is 0.145. The number of allylic oxidation sites excluding steroid dienone is 1. The Kier molecular flexibility index (Phi) is 10.3. The van der Waals surface area contributed by atoms with Crippen LogP contribution in [0.3, 0.4) is 0 Å². The van der Waals surface area contributed by atoms with Gasteiger partial charge in [0.25, 0.3) is 5.56 Å². The Bertz CT molecular complexity index is 1990. The molecule has 4 aromatic rings. The molecule has 0 radical (unpaired) electrons. The van der Waals surface area contributed by atoms with Crippen LogP contribution >= 0.6 is 57.1 Å². The van der Waals surface area contributed by atoms with Gasteiger partial charge in [-0.15, -0.1) is 0 Å². The molecule has 0 amide bonds. The summed E-state index contributed by atoms with van der Waals surface area (Å²) in [4.78, 5) is 34.4. The van der Waals surface area contributed by atoms with Crippen LogP contribution in [0.2, 0.25) is 10.0 Å². The predicted molar refractivity (Wildman–Crippen MR) is 188 cm³/mol. The normalized spacial score (nSPS) is 14.6. The molecule has 1 aromatic heterocycles. The summed E-state index contributed by atoms with van der Waals surface area (Å²) in [5.74, 6) is 0.563. The number of esters is 1. The smallest absolute Gasteiger partial charge is 0.338 e. The first kappa shape index (κ1) is 33.1. The van der Waals surface area contributed by atoms with Crippen LogP contribution in [0.4, 0.5) is 5.69 Å². The highest BCUT2D eigenvalue weighted by molar-refractivity contribution is 14.1. The number of carbonyl (C=O) groups excluding carboxylic acids is 1. The third-order valence-electron chi connectivity index (χ3n) is 7.18. The highest BCUT2D eigenvalue weighted by Gasteiger charge is 2.33. The molecular weight excluding hydrogens is 748 g/mol. The second-order valence-corrected chi connectivity index (χ2v) is 13.4. The zero-order valence-electron chi connectivity index (χ0n) is 25.2. The molecule has 0 fully saturated rings. The lowest BCUT2D eigenvalue weighted by molar-refractivity contribution is -0.139. The number of benzene rings is 3. The zero-order valence-corrected chi connectivity index (χ0v) is 29.7. The lowest BCUT2D eigenvalue weighted by atomic mass is 9.95. The standard InChI is InChI=1S/C33H30Cl2IN3O5S/c1-6-43-32(41)28-18(2)37-33-39(29(28)20-8-11-23(12-9-20)38(3)4)31(40)27(45-33)15-19-13-25(36)30(26(14-19)42-5)44-17-21-7-10-22(34)16-24(21)35/h7-16,29H,6,17H2,1-5H3/b27-15+/t29-/m1/s1. The number of ether oxygens (including phenoxy) is 3. The summed E-state index contributed by atoms with van der Waals surface area (Å²) in [5.41, 5.74) is 3.90. The third kappa shape index (κ3) is 6.94. The van der Waals surface area contributed by atoms with Gasteiger partial charge in [-0.25, -0.2) is 9.79 Å². The van der Waals surface area contributed by atoms with Gasteiger partial charge in [0.05, 0.1) is 39.1 Å². The SMILES string of the molecule is CCOC(=O)C1=C(C)N=c2s/c(=C/c3cc(I)c(OCc4ccc(Cl)cc4Cl)c(OC)c3)c(=O)n2[C@@H]1c1ccc(N(C)C)cc1. The summed E-state index contributed by atoms with van der Waals surface area (Å²) in [6.07, 6.45) is 1.80. The van der Waals surface area contributed by atoms with Gasteiger partial charge >= 0.3 is 5.97 Å². The highest BCUT2D eigenvalue weighted by atomic mass is 127. The van der Waals surface area contributed by atoms with Gasteiger partial charge in [0.2, 0.25) is 0 Å². The average Bonchev–Trinajstić information content (AvgIpc) is 3.30. The minimum Gasteiger partial charge on any atom is -0.493 e. The van der Waals surface area contributed by atoms with Crippen LogP contribution in [0.25, 0.3) is 6.08 Å². The Morgan fingerprint density at radius 2 is 1.87 bits per heavy atom. The molecule has 0 saturated carbocycles. The number of aromatic nitrogens is 1. The summed E-state index contributed by atoms with van der Waals surface area (Å²) >= 11 is 15.8. The van der Waals surface area contributed by atoms with Crippen LogP contribution in [0.1, 0.15) is 36.6 Å². The number of hydrogen-bond acceptors (Lipinski definition) is 8. The van der Waals surface area contributed by atoms with E-state index in [0.717, 1.165) is 25.9 Å². The molecule has 0 bridgehead atoms. The molecule has 1 atom stereocenters. The lowest BCUT2D eigenvalue weighted by Gasteiger charge is -2.25. The van der Waals surface area contributed by atoms with E-state index in [4.69, 9.17) is 37.4 Å². The summed E-state index contributed by atoms with van der Waals surface area (Å²) in [6, 6.07) is 16.1. The van der Waals surface area contributed by atoms with Gasteiger partial charge in [0.1, 0.15) is 6.61 Å². The number of halogens is 3. The third-order valence-corrected chi connectivity index (χ3v) is 9.55. The van der Waals surface area contributed by atoms with E-state index in [-0.39, 0.29) is 18.8 Å². The molecule has 0 spiro atoms. The highest BCUT2D eigenvalue weighted by Crippen LogP contribution is 2.36. The van der Waals surface area contributed by atoms with E-state index in [9.17, 15) is 9.59 Å². The van der Waals surface area contributed by atoms with Crippen LogP contribution in [0.15, 0.2) is 75.7 Å². The maximum atomic E-state index is 14.1. The predicted octanol–water partition coefficient (Wildman–Crippen LogP) is 6.36. The topological polar surface area (TPSA) is 82.4 Å². The van der Waals surface area contributed by atoms with E-state index in [1.54, 1.807) is 43.7 Å². The molecule has 2 heterocycles. The van der Waals surface area contributed by atoms with Crippen molar-refractivity contribution in [3.63, 3.8) is 0 Å². The fourth-order valence-corrected chi connectivity index (χ4v) is 7.26. The van der Waals surface area contributed by atoms with E-state index >= 15 is 0 Å². The van der Waals surface area contributed by atoms with Gasteiger partial charge in [-0.05, 0) is 90.0 Å². The summed E-state index contributed by atoms with van der Waals surface area (Å²) in [6.45, 7) is 3.95. The summed E-state index contributed by atoms with van der Waals surface area (Å²) in [7, 11) is 5.47. The Morgan fingerprint density at radius 3 is 2.51 bits per heavy atom. The molecule has 1 aliphatic rings. The Hall–Kier alpha value is -3.32. The monoisotopic (exact) mass is 777 g/mol. The number of anilines is 1. The molecule has 0 saturated heterocycles. The lowest BCUT2D eigenvalue weighted by Crippen LogP contribution is -2.39. The van der Waals surface area contributed by atoms with Crippen molar-refractivity contribution in [2.24, 2.45) is 4.99 Å². The molecule has 0 aliphatic carbocycles. The number of hydrogen-bond donors (Lipinski definition) is 0. The number of fused-ring (bicyclic) bond motifs is 1. The first-order valence-electron chi connectivity index (χ1n) is 13.9. The number of rotatable bonds is 9. The maximum Gasteiger partial charge on any atom is 0.338 e. The fraction of sp³-hybridized carbons (Fsp3) is 0.242. The van der Waals surface area contributed by atoms with Crippen LogP contribution in [0, 0.1) is 3.57 Å². The first-order chi connectivity index (χ1) is 21.5. The van der Waals surface area contributed by atoms with E-state index < -0.39 is 12.0 Å². The fourth-order valence-electron chi connectivity index (χ4n) is 4.96. The number of methoxy groups -OCH3 is 1. The number of carbonyl (C=O) groups is 1. The van der Waals surface area contributed by atoms with Crippen molar-refractivity contribution >= 4 is 74.9 Å². The molecule has 8 nitrogen and oxygen atoms in total. The van der Waals surface area contributed by atoms with Crippen molar-refractivity contribution in [2.75, 3.05) is 32.7 Å². The van der Waals surface area contributed by atoms with E-state index in [2.05, 4.69) is 27.6 Å². The average molecular weight is 778 g/mol. The summed E-state index contributed by atoms with van der Waals surface area (Å²) in [5, 5.41) is 1.06. The van der Waals surface area contributed by atoms with Crippen molar-refractivity contribution in [1.29, 1.82) is 0 Å². The van der Waals surface area contributed by atoms with Gasteiger partial charge in [-0.2, -0.15) is 0 Å². The molecule has 3 aromatic carbocycles. The van der Waals surface area contributed by atoms with E-state index in [0.29, 0.717) is 42.1 Å². The first-order valence-corrected chi connectivity index (χ1v) is 16.6. The minimum atomic E-state index is -0.691. The van der Waals surface area contributed by atoms with Gasteiger partial charge in [-0.3, -0.25) is 9.36 Å². The second kappa shape index (κ2) is 14.0. The second-order valence-electron chi connectivity index (χ2n) is 10.3. The van der Waals surface area contributed by atoms with Crippen molar-refractivity contribution in [2.45, 2.75) is 26.5 Å². The van der Waals surface area contributed by atoms with E-state index in [1.807, 2.05) is 61.5 Å². The minimum absolute atomic E-state index is 0.208. The molecule has 5 rings (SSSR count). The van der Waals surface area contributed by atoms with Crippen molar-refractivity contribution in [3.05, 3.63) is 116 Å². The van der Waals surface area contributed by atoms with Crippen LogP contribution in [0.5, 0.6) is 11.5 Å². The van der Waals surface area contributed by atoms with Gasteiger partial charge in [0, 0.05) is 35.4 Å². The van der Waals surface area contributed by atoms with Crippen LogP contribution in [-0.2, 0) is 16.1 Å². The number of thiazole rings is 1. The largest absolute Gasteiger partial charge is 0.493 e. The molecule has 234 valence electrons. The van der Waals surface area contributed by atoms with Gasteiger partial charge in [-0.1, -0.05) is 52.7 Å². The van der Waals surface area contributed by atoms with Gasteiger partial charge < -0.3 is 19.1 Å². The molecule has 45 heavy (non-hydrogen) atoms. The molecule has 12 heteroatoms. The van der Waals surface area contributed by atoms with Gasteiger partial charge in [0.15, 0.2) is 16.3 Å². The molecule has 0 N–H and O–H groups in total.